The molecule has 30 heavy (non-hydrogen) atoms. The molecule has 1 N–H and O–H groups in total. The number of hydrogen-bond donors (Lipinski definition) is 1. The highest BCUT2D eigenvalue weighted by molar-refractivity contribution is 5.94. The average molecular weight is 405 g/mol. The van der Waals surface area contributed by atoms with Gasteiger partial charge in [-0.15, -0.1) is 0 Å². The zero-order valence-electron chi connectivity index (χ0n) is 16.9. The van der Waals surface area contributed by atoms with Crippen molar-refractivity contribution >= 4 is 12.1 Å². The Morgan fingerprint density at radius 1 is 1.10 bits per heavy atom. The largest absolute Gasteiger partial charge is 0.497 e. The quantitative estimate of drug-likeness (QED) is 0.461. The molecule has 0 bridgehead atoms. The van der Waals surface area contributed by atoms with Crippen molar-refractivity contribution in [2.75, 3.05) is 13.7 Å². The smallest absolute Gasteiger partial charge is 0.276 e. The van der Waals surface area contributed by atoms with Gasteiger partial charge < -0.3 is 14.0 Å². The van der Waals surface area contributed by atoms with Crippen molar-refractivity contribution in [3.05, 3.63) is 93.9 Å². The van der Waals surface area contributed by atoms with E-state index in [4.69, 9.17) is 9.47 Å². The summed E-state index contributed by atoms with van der Waals surface area (Å²) in [5.74, 6) is 0.891. The predicted octanol–water partition coefficient (Wildman–Crippen LogP) is 3.07. The Hall–Kier alpha value is -3.87. The molecular weight excluding hydrogens is 382 g/mol. The number of rotatable bonds is 8. The van der Waals surface area contributed by atoms with E-state index < -0.39 is 5.91 Å². The number of hydrogen-bond acceptors (Lipinski definition) is 5. The normalized spacial score (nSPS) is 10.7. The van der Waals surface area contributed by atoms with Crippen molar-refractivity contribution < 1.29 is 14.3 Å². The fraction of sp³-hybridized carbons (Fsp3) is 0.174. The molecule has 0 atom stereocenters. The Bertz CT molecular complexity index is 1090. The Morgan fingerprint density at radius 2 is 1.90 bits per heavy atom. The van der Waals surface area contributed by atoms with Crippen LogP contribution in [0.2, 0.25) is 0 Å². The molecule has 0 unspecified atom stereocenters. The molecule has 2 aromatic carbocycles. The molecule has 0 fully saturated rings. The number of carbonyl (C=O) groups is 1. The molecule has 7 nitrogen and oxygen atoms in total. The SMILES string of the molecule is CCOc1cccc(/C=N\NC(=O)c2cccn(Cc3ccc(OC)cc3)c2=O)c1. The van der Waals surface area contributed by atoms with E-state index in [9.17, 15) is 9.59 Å². The highest BCUT2D eigenvalue weighted by Gasteiger charge is 2.11. The minimum atomic E-state index is -0.568. The second-order valence-electron chi connectivity index (χ2n) is 6.41. The van der Waals surface area contributed by atoms with E-state index in [2.05, 4.69) is 10.5 Å². The van der Waals surface area contributed by atoms with Crippen molar-refractivity contribution in [1.29, 1.82) is 0 Å². The molecule has 0 aliphatic carbocycles. The number of ether oxygens (including phenoxy) is 2. The predicted molar refractivity (Wildman–Crippen MR) is 115 cm³/mol. The number of hydrazone groups is 1. The Kier molecular flexibility index (Phi) is 7.00. The van der Waals surface area contributed by atoms with Gasteiger partial charge in [0.05, 0.1) is 26.5 Å². The topological polar surface area (TPSA) is 81.9 Å². The van der Waals surface area contributed by atoms with Crippen LogP contribution in [0.5, 0.6) is 11.5 Å². The van der Waals surface area contributed by atoms with Gasteiger partial charge in [0.1, 0.15) is 17.1 Å². The third-order valence-electron chi connectivity index (χ3n) is 4.33. The van der Waals surface area contributed by atoms with E-state index in [1.807, 2.05) is 55.5 Å². The molecule has 1 aromatic heterocycles. The van der Waals surface area contributed by atoms with Gasteiger partial charge in [-0.2, -0.15) is 5.10 Å². The second kappa shape index (κ2) is 10.1. The Labute approximate surface area is 174 Å². The highest BCUT2D eigenvalue weighted by atomic mass is 16.5. The van der Waals surface area contributed by atoms with Crippen LogP contribution in [0.25, 0.3) is 0 Å². The summed E-state index contributed by atoms with van der Waals surface area (Å²) in [6, 6.07) is 17.9. The standard InChI is InChI=1S/C23H23N3O4/c1-3-30-20-7-4-6-18(14-20)15-24-25-22(27)21-8-5-13-26(23(21)28)16-17-9-11-19(29-2)12-10-17/h4-15H,3,16H2,1-2H3,(H,25,27)/b24-15-. The fourth-order valence-electron chi connectivity index (χ4n) is 2.84. The Morgan fingerprint density at radius 3 is 2.63 bits per heavy atom. The number of benzene rings is 2. The van der Waals surface area contributed by atoms with Gasteiger partial charge in [0.25, 0.3) is 11.5 Å². The average Bonchev–Trinajstić information content (AvgIpc) is 2.76. The van der Waals surface area contributed by atoms with Crippen molar-refractivity contribution in [3.8, 4) is 11.5 Å². The monoisotopic (exact) mass is 405 g/mol. The minimum absolute atomic E-state index is 0.0197. The number of pyridine rings is 1. The molecule has 0 saturated heterocycles. The lowest BCUT2D eigenvalue weighted by atomic mass is 10.2. The van der Waals surface area contributed by atoms with E-state index in [0.29, 0.717) is 13.2 Å². The third-order valence-corrected chi connectivity index (χ3v) is 4.33. The van der Waals surface area contributed by atoms with Gasteiger partial charge >= 0.3 is 0 Å². The van der Waals surface area contributed by atoms with Crippen LogP contribution in [0.1, 0.15) is 28.4 Å². The van der Waals surface area contributed by atoms with Crippen molar-refractivity contribution in [1.82, 2.24) is 9.99 Å². The molecule has 154 valence electrons. The molecular formula is C23H23N3O4. The van der Waals surface area contributed by atoms with Crippen LogP contribution in [-0.4, -0.2) is 30.4 Å². The van der Waals surface area contributed by atoms with E-state index in [0.717, 1.165) is 22.6 Å². The number of nitrogens with one attached hydrogen (secondary N) is 1. The summed E-state index contributed by atoms with van der Waals surface area (Å²) in [5, 5.41) is 3.95. The molecule has 1 amide bonds. The molecule has 1 heterocycles. The summed E-state index contributed by atoms with van der Waals surface area (Å²) in [7, 11) is 1.60. The van der Waals surface area contributed by atoms with Crippen LogP contribution < -0.4 is 20.5 Å². The van der Waals surface area contributed by atoms with E-state index in [1.54, 1.807) is 19.4 Å². The maximum atomic E-state index is 12.7. The number of aromatic nitrogens is 1. The first-order valence-electron chi connectivity index (χ1n) is 9.49. The molecule has 0 spiro atoms. The Balaban J connectivity index is 1.69. The first-order chi connectivity index (χ1) is 14.6. The maximum absolute atomic E-state index is 12.7. The minimum Gasteiger partial charge on any atom is -0.497 e. The molecule has 3 rings (SSSR count). The van der Waals surface area contributed by atoms with Gasteiger partial charge in [-0.05, 0) is 54.4 Å². The zero-order valence-corrected chi connectivity index (χ0v) is 16.9. The van der Waals surface area contributed by atoms with Crippen LogP contribution in [0.15, 0.2) is 76.8 Å². The molecule has 7 heteroatoms. The first-order valence-corrected chi connectivity index (χ1v) is 9.49. The van der Waals surface area contributed by atoms with Crippen molar-refractivity contribution in [2.45, 2.75) is 13.5 Å². The molecule has 0 aliphatic heterocycles. The van der Waals surface area contributed by atoms with Crippen molar-refractivity contribution in [3.63, 3.8) is 0 Å². The summed E-state index contributed by atoms with van der Waals surface area (Å²) >= 11 is 0. The van der Waals surface area contributed by atoms with E-state index in [-0.39, 0.29) is 11.1 Å². The summed E-state index contributed by atoms with van der Waals surface area (Å²) in [5.41, 5.74) is 3.72. The van der Waals surface area contributed by atoms with E-state index in [1.165, 1.54) is 16.8 Å². The third kappa shape index (κ3) is 5.35. The van der Waals surface area contributed by atoms with Crippen LogP contribution in [0.3, 0.4) is 0 Å². The van der Waals surface area contributed by atoms with Gasteiger partial charge in [0.15, 0.2) is 0 Å². The fourth-order valence-corrected chi connectivity index (χ4v) is 2.84. The van der Waals surface area contributed by atoms with Crippen LogP contribution in [0.4, 0.5) is 0 Å². The molecule has 0 aliphatic rings. The molecule has 0 radical (unpaired) electrons. The summed E-state index contributed by atoms with van der Waals surface area (Å²) < 4.78 is 12.1. The lowest BCUT2D eigenvalue weighted by Crippen LogP contribution is -2.30. The van der Waals surface area contributed by atoms with Crippen molar-refractivity contribution in [2.24, 2.45) is 5.10 Å². The second-order valence-corrected chi connectivity index (χ2v) is 6.41. The number of carbonyl (C=O) groups excluding carboxylic acids is 1. The van der Waals surface area contributed by atoms with Gasteiger partial charge in [-0.3, -0.25) is 9.59 Å². The number of methoxy groups -OCH3 is 1. The lowest BCUT2D eigenvalue weighted by Gasteiger charge is -2.08. The maximum Gasteiger partial charge on any atom is 0.276 e. The van der Waals surface area contributed by atoms with Gasteiger partial charge in [0, 0.05) is 6.20 Å². The van der Waals surface area contributed by atoms with Gasteiger partial charge in [-0.1, -0.05) is 24.3 Å². The van der Waals surface area contributed by atoms with Crippen LogP contribution in [-0.2, 0) is 6.54 Å². The molecule has 0 saturated carbocycles. The van der Waals surface area contributed by atoms with Crippen LogP contribution >= 0.6 is 0 Å². The number of nitrogens with zero attached hydrogens (tertiary/aromatic N) is 2. The highest BCUT2D eigenvalue weighted by Crippen LogP contribution is 2.12. The van der Waals surface area contributed by atoms with E-state index >= 15 is 0 Å². The summed E-state index contributed by atoms with van der Waals surface area (Å²) in [6.07, 6.45) is 3.14. The van der Waals surface area contributed by atoms with Gasteiger partial charge in [0.2, 0.25) is 0 Å². The van der Waals surface area contributed by atoms with Gasteiger partial charge in [-0.25, -0.2) is 5.43 Å². The first kappa shape index (κ1) is 20.9. The van der Waals surface area contributed by atoms with Crippen LogP contribution in [0, 0.1) is 0 Å². The molecule has 3 aromatic rings. The summed E-state index contributed by atoms with van der Waals surface area (Å²) in [4.78, 5) is 25.1. The number of amides is 1. The lowest BCUT2D eigenvalue weighted by molar-refractivity contribution is 0.0953. The summed E-state index contributed by atoms with van der Waals surface area (Å²) in [6.45, 7) is 2.81. The zero-order chi connectivity index (χ0) is 21.3.